The molecule has 1 aromatic rings. The van der Waals surface area contributed by atoms with Crippen molar-refractivity contribution in [1.29, 1.82) is 0 Å². The molecule has 0 aliphatic heterocycles. The molecule has 0 saturated carbocycles. The Balaban J connectivity index is 2.81. The van der Waals surface area contributed by atoms with Crippen LogP contribution in [0.2, 0.25) is 0 Å². The molecule has 3 nitrogen and oxygen atoms in total. The summed E-state index contributed by atoms with van der Waals surface area (Å²) < 4.78 is 0. The number of nitrogens with one attached hydrogen (secondary N) is 2. The molecule has 0 atom stereocenters. The van der Waals surface area contributed by atoms with Crippen molar-refractivity contribution >= 4 is 28.7 Å². The summed E-state index contributed by atoms with van der Waals surface area (Å²) in [5, 5.41) is 7.20. The molecule has 0 saturated heterocycles. The van der Waals surface area contributed by atoms with Crippen LogP contribution in [0.4, 0.5) is 11.4 Å². The molecule has 0 aliphatic rings. The van der Waals surface area contributed by atoms with Gasteiger partial charge in [-0.2, -0.15) is 0 Å². The van der Waals surface area contributed by atoms with Crippen molar-refractivity contribution in [2.45, 2.75) is 47.1 Å². The highest BCUT2D eigenvalue weighted by Crippen LogP contribution is 2.22. The maximum absolute atomic E-state index is 5.34. The van der Waals surface area contributed by atoms with Crippen LogP contribution in [0.15, 0.2) is 18.2 Å². The minimum Gasteiger partial charge on any atom is -0.372 e. The van der Waals surface area contributed by atoms with Crippen LogP contribution in [-0.4, -0.2) is 23.7 Å². The number of benzene rings is 1. The normalized spacial score (nSPS) is 11.1. The van der Waals surface area contributed by atoms with Crippen LogP contribution >= 0.6 is 12.2 Å². The number of nitrogens with zero attached hydrogens (tertiary/aromatic N) is 1. The molecule has 112 valence electrons. The van der Waals surface area contributed by atoms with Crippen molar-refractivity contribution in [1.82, 2.24) is 5.32 Å². The van der Waals surface area contributed by atoms with Crippen LogP contribution in [0.1, 0.15) is 40.2 Å². The number of hydrogen-bond donors (Lipinski definition) is 2. The van der Waals surface area contributed by atoms with Crippen LogP contribution < -0.4 is 15.5 Å². The van der Waals surface area contributed by atoms with E-state index in [1.165, 1.54) is 11.3 Å². The Bertz CT molecular complexity index is 459. The topological polar surface area (TPSA) is 27.3 Å². The molecule has 0 bridgehead atoms. The molecular formula is C16H27N3S. The molecule has 0 spiro atoms. The quantitative estimate of drug-likeness (QED) is 0.823. The van der Waals surface area contributed by atoms with E-state index in [-0.39, 0.29) is 5.54 Å². The van der Waals surface area contributed by atoms with Gasteiger partial charge in [0.05, 0.1) is 0 Å². The third-order valence-electron chi connectivity index (χ3n) is 3.08. The second-order valence-corrected chi connectivity index (χ2v) is 6.41. The van der Waals surface area contributed by atoms with Gasteiger partial charge in [-0.1, -0.05) is 0 Å². The Morgan fingerprint density at radius 1 is 1.20 bits per heavy atom. The molecule has 0 fully saturated rings. The molecule has 0 amide bonds. The molecule has 0 aromatic heterocycles. The molecule has 0 radical (unpaired) electrons. The number of hydrogen-bond acceptors (Lipinski definition) is 2. The highest BCUT2D eigenvalue weighted by atomic mass is 32.1. The Morgan fingerprint density at radius 2 is 1.80 bits per heavy atom. The van der Waals surface area contributed by atoms with E-state index in [1.807, 2.05) is 0 Å². The van der Waals surface area contributed by atoms with E-state index in [1.54, 1.807) is 0 Å². The van der Waals surface area contributed by atoms with Crippen LogP contribution in [0.5, 0.6) is 0 Å². The first-order valence-corrected chi connectivity index (χ1v) is 7.62. The Labute approximate surface area is 128 Å². The first-order valence-electron chi connectivity index (χ1n) is 7.21. The highest BCUT2D eigenvalue weighted by molar-refractivity contribution is 7.80. The van der Waals surface area contributed by atoms with Gasteiger partial charge < -0.3 is 15.5 Å². The lowest BCUT2D eigenvalue weighted by molar-refractivity contribution is 0.515. The summed E-state index contributed by atoms with van der Waals surface area (Å²) in [5.74, 6) is 0. The summed E-state index contributed by atoms with van der Waals surface area (Å²) in [5.41, 5.74) is 3.49. The minimum absolute atomic E-state index is 0.0286. The molecule has 20 heavy (non-hydrogen) atoms. The second-order valence-electron chi connectivity index (χ2n) is 6.00. The standard InChI is InChI=1S/C16H27N3S/c1-7-19(8-2)13-9-10-14(12(3)11-13)17-15(20)18-16(4,5)6/h9-11H,7-8H2,1-6H3,(H2,17,18,20). The van der Waals surface area contributed by atoms with E-state index in [0.29, 0.717) is 5.11 Å². The molecule has 0 aliphatic carbocycles. The number of aryl methyl sites for hydroxylation is 1. The van der Waals surface area contributed by atoms with Gasteiger partial charge in [-0.05, 0) is 77.5 Å². The fourth-order valence-electron chi connectivity index (χ4n) is 2.07. The zero-order valence-electron chi connectivity index (χ0n) is 13.5. The van der Waals surface area contributed by atoms with E-state index >= 15 is 0 Å². The van der Waals surface area contributed by atoms with Crippen LogP contribution in [0, 0.1) is 6.92 Å². The maximum Gasteiger partial charge on any atom is 0.171 e. The van der Waals surface area contributed by atoms with Crippen molar-refractivity contribution in [3.8, 4) is 0 Å². The third-order valence-corrected chi connectivity index (χ3v) is 3.28. The van der Waals surface area contributed by atoms with Crippen LogP contribution in [0.25, 0.3) is 0 Å². The molecule has 4 heteroatoms. The smallest absolute Gasteiger partial charge is 0.171 e. The fraction of sp³-hybridized carbons (Fsp3) is 0.562. The Morgan fingerprint density at radius 3 is 2.25 bits per heavy atom. The first kappa shape index (κ1) is 16.8. The van der Waals surface area contributed by atoms with Gasteiger partial charge >= 0.3 is 0 Å². The summed E-state index contributed by atoms with van der Waals surface area (Å²) in [6, 6.07) is 6.44. The number of thiocarbonyl (C=S) groups is 1. The summed E-state index contributed by atoms with van der Waals surface area (Å²) in [6.07, 6.45) is 0. The van der Waals surface area contributed by atoms with Gasteiger partial charge in [0.25, 0.3) is 0 Å². The number of anilines is 2. The lowest BCUT2D eigenvalue weighted by atomic mass is 10.1. The molecule has 2 N–H and O–H groups in total. The average molecular weight is 293 g/mol. The van der Waals surface area contributed by atoms with Crippen molar-refractivity contribution in [3.63, 3.8) is 0 Å². The van der Waals surface area contributed by atoms with E-state index in [4.69, 9.17) is 12.2 Å². The van der Waals surface area contributed by atoms with Gasteiger partial charge in [0.2, 0.25) is 0 Å². The monoisotopic (exact) mass is 293 g/mol. The van der Waals surface area contributed by atoms with Crippen molar-refractivity contribution in [2.24, 2.45) is 0 Å². The SMILES string of the molecule is CCN(CC)c1ccc(NC(=S)NC(C)(C)C)c(C)c1. The van der Waals surface area contributed by atoms with Crippen molar-refractivity contribution < 1.29 is 0 Å². The molecule has 1 aromatic carbocycles. The lowest BCUT2D eigenvalue weighted by Crippen LogP contribution is -2.43. The maximum atomic E-state index is 5.34. The fourth-order valence-corrected chi connectivity index (χ4v) is 2.48. The van der Waals surface area contributed by atoms with E-state index < -0.39 is 0 Å². The summed E-state index contributed by atoms with van der Waals surface area (Å²) in [7, 11) is 0. The van der Waals surface area contributed by atoms with Gasteiger partial charge in [-0.25, -0.2) is 0 Å². The van der Waals surface area contributed by atoms with Crippen molar-refractivity contribution in [2.75, 3.05) is 23.3 Å². The lowest BCUT2D eigenvalue weighted by Gasteiger charge is -2.25. The average Bonchev–Trinajstić information content (AvgIpc) is 2.31. The predicted octanol–water partition coefficient (Wildman–Crippen LogP) is 3.93. The van der Waals surface area contributed by atoms with E-state index in [0.717, 1.165) is 18.8 Å². The van der Waals surface area contributed by atoms with E-state index in [2.05, 4.69) is 75.3 Å². The first-order chi connectivity index (χ1) is 9.26. The third kappa shape index (κ3) is 5.00. The molecule has 0 heterocycles. The van der Waals surface area contributed by atoms with Crippen LogP contribution in [-0.2, 0) is 0 Å². The zero-order valence-corrected chi connectivity index (χ0v) is 14.3. The molecular weight excluding hydrogens is 266 g/mol. The zero-order chi connectivity index (χ0) is 15.3. The number of rotatable bonds is 4. The summed E-state index contributed by atoms with van der Waals surface area (Å²) in [4.78, 5) is 2.34. The molecule has 1 rings (SSSR count). The van der Waals surface area contributed by atoms with Gasteiger partial charge in [-0.3, -0.25) is 0 Å². The van der Waals surface area contributed by atoms with Gasteiger partial charge in [-0.15, -0.1) is 0 Å². The van der Waals surface area contributed by atoms with Crippen LogP contribution in [0.3, 0.4) is 0 Å². The second kappa shape index (κ2) is 6.93. The highest BCUT2D eigenvalue weighted by Gasteiger charge is 2.12. The van der Waals surface area contributed by atoms with Crippen molar-refractivity contribution in [3.05, 3.63) is 23.8 Å². The Hall–Kier alpha value is -1.29. The Kier molecular flexibility index (Phi) is 5.81. The van der Waals surface area contributed by atoms with E-state index in [9.17, 15) is 0 Å². The van der Waals surface area contributed by atoms with Gasteiger partial charge in [0.15, 0.2) is 5.11 Å². The minimum atomic E-state index is -0.0286. The van der Waals surface area contributed by atoms with Gasteiger partial charge in [0, 0.05) is 30.0 Å². The van der Waals surface area contributed by atoms with Gasteiger partial charge in [0.1, 0.15) is 0 Å². The summed E-state index contributed by atoms with van der Waals surface area (Å²) >= 11 is 5.34. The summed E-state index contributed by atoms with van der Waals surface area (Å²) in [6.45, 7) is 14.8. The predicted molar refractivity (Wildman–Crippen MR) is 93.8 cm³/mol. The largest absolute Gasteiger partial charge is 0.372 e. The molecule has 0 unspecified atom stereocenters.